The molecule has 0 aromatic heterocycles. The van der Waals surface area contributed by atoms with Gasteiger partial charge in [-0.1, -0.05) is 12.1 Å². The Hall–Kier alpha value is -1.95. The fourth-order valence-corrected chi connectivity index (χ4v) is 3.22. The zero-order valence-electron chi connectivity index (χ0n) is 16.0. The third kappa shape index (κ3) is 6.41. The lowest BCUT2D eigenvalue weighted by atomic mass is 9.90. The average Bonchev–Trinajstić information content (AvgIpc) is 2.53. The summed E-state index contributed by atoms with van der Waals surface area (Å²) < 4.78 is 18.4. The third-order valence-electron chi connectivity index (χ3n) is 4.46. The van der Waals surface area contributed by atoms with Gasteiger partial charge in [0.1, 0.15) is 11.4 Å². The second-order valence-corrected chi connectivity index (χ2v) is 7.96. The van der Waals surface area contributed by atoms with Crippen LogP contribution in [-0.2, 0) is 9.53 Å². The van der Waals surface area contributed by atoms with Gasteiger partial charge in [-0.05, 0) is 71.1 Å². The van der Waals surface area contributed by atoms with E-state index in [0.29, 0.717) is 0 Å². The van der Waals surface area contributed by atoms with Crippen LogP contribution in [0.4, 0.5) is 9.18 Å². The quantitative estimate of drug-likeness (QED) is 0.832. The van der Waals surface area contributed by atoms with Crippen molar-refractivity contribution in [3.8, 4) is 0 Å². The van der Waals surface area contributed by atoms with E-state index in [1.807, 2.05) is 20.8 Å². The Balaban J connectivity index is 1.85. The third-order valence-corrected chi connectivity index (χ3v) is 4.46. The summed E-state index contributed by atoms with van der Waals surface area (Å²) in [6.07, 6.45) is 2.97. The van der Waals surface area contributed by atoms with Gasteiger partial charge in [-0.2, -0.15) is 0 Å². The van der Waals surface area contributed by atoms with Crippen LogP contribution in [0.25, 0.3) is 0 Å². The Kier molecular flexibility index (Phi) is 6.75. The average molecular weight is 364 g/mol. The Morgan fingerprint density at radius 1 is 1.08 bits per heavy atom. The van der Waals surface area contributed by atoms with E-state index < -0.39 is 11.6 Å². The van der Waals surface area contributed by atoms with Crippen molar-refractivity contribution in [2.24, 2.45) is 0 Å². The summed E-state index contributed by atoms with van der Waals surface area (Å²) in [7, 11) is 0. The van der Waals surface area contributed by atoms with Crippen LogP contribution < -0.4 is 10.6 Å². The lowest BCUT2D eigenvalue weighted by molar-refractivity contribution is -0.119. The molecule has 1 amide bonds. The highest BCUT2D eigenvalue weighted by Crippen LogP contribution is 2.23. The summed E-state index contributed by atoms with van der Waals surface area (Å²) in [6, 6.07) is 5.86. The van der Waals surface area contributed by atoms with E-state index in [2.05, 4.69) is 10.6 Å². The van der Waals surface area contributed by atoms with Crippen molar-refractivity contribution >= 4 is 11.9 Å². The minimum Gasteiger partial charge on any atom is -0.444 e. The Morgan fingerprint density at radius 3 is 2.12 bits per heavy atom. The molecule has 0 bridgehead atoms. The van der Waals surface area contributed by atoms with E-state index in [0.717, 1.165) is 31.2 Å². The summed E-state index contributed by atoms with van der Waals surface area (Å²) >= 11 is 0. The molecule has 1 saturated carbocycles. The SMILES string of the molecule is CC(=O)[C@@H](NC1CCC(NC(=O)OC(C)(C)C)CC1)c1ccc(F)cc1. The molecule has 1 fully saturated rings. The van der Waals surface area contributed by atoms with Crippen LogP contribution in [0, 0.1) is 5.82 Å². The molecule has 1 aliphatic carbocycles. The van der Waals surface area contributed by atoms with E-state index >= 15 is 0 Å². The molecule has 0 spiro atoms. The van der Waals surface area contributed by atoms with Gasteiger partial charge in [0, 0.05) is 12.1 Å². The fourth-order valence-electron chi connectivity index (χ4n) is 3.22. The van der Waals surface area contributed by atoms with Gasteiger partial charge in [-0.25, -0.2) is 9.18 Å². The Bertz CT molecular complexity index is 617. The van der Waals surface area contributed by atoms with Crippen molar-refractivity contribution < 1.29 is 18.7 Å². The standard InChI is InChI=1S/C20H29FN2O3/c1-13(24)18(14-5-7-15(21)8-6-14)22-16-9-11-17(12-10-16)23-19(25)26-20(2,3)4/h5-8,16-18,22H,9-12H2,1-4H3,(H,23,25)/t16?,17?,18-/m1/s1. The van der Waals surface area contributed by atoms with Gasteiger partial charge in [0.15, 0.2) is 5.78 Å². The van der Waals surface area contributed by atoms with Crippen molar-refractivity contribution in [1.82, 2.24) is 10.6 Å². The zero-order chi connectivity index (χ0) is 19.3. The number of benzene rings is 1. The van der Waals surface area contributed by atoms with Crippen molar-refractivity contribution in [1.29, 1.82) is 0 Å². The summed E-state index contributed by atoms with van der Waals surface area (Å²) in [5.41, 5.74) is 0.264. The number of rotatable bonds is 5. The van der Waals surface area contributed by atoms with Crippen LogP contribution in [0.5, 0.6) is 0 Å². The molecule has 144 valence electrons. The maximum Gasteiger partial charge on any atom is 0.407 e. The van der Waals surface area contributed by atoms with E-state index in [-0.39, 0.29) is 29.8 Å². The number of carbonyl (C=O) groups excluding carboxylic acids is 2. The molecular formula is C20H29FN2O3. The smallest absolute Gasteiger partial charge is 0.407 e. The number of hydrogen-bond acceptors (Lipinski definition) is 4. The number of nitrogens with one attached hydrogen (secondary N) is 2. The van der Waals surface area contributed by atoms with Crippen molar-refractivity contribution in [3.63, 3.8) is 0 Å². The first-order chi connectivity index (χ1) is 12.1. The first kappa shape index (κ1) is 20.4. The van der Waals surface area contributed by atoms with E-state index in [1.165, 1.54) is 19.1 Å². The molecular weight excluding hydrogens is 335 g/mol. The minimum atomic E-state index is -0.507. The first-order valence-corrected chi connectivity index (χ1v) is 9.15. The molecule has 0 radical (unpaired) electrons. The molecule has 6 heteroatoms. The van der Waals surface area contributed by atoms with Gasteiger partial charge in [0.25, 0.3) is 0 Å². The number of hydrogen-bond donors (Lipinski definition) is 2. The molecule has 0 unspecified atom stereocenters. The second-order valence-electron chi connectivity index (χ2n) is 7.96. The maximum atomic E-state index is 13.1. The minimum absolute atomic E-state index is 0.00520. The van der Waals surface area contributed by atoms with Gasteiger partial charge in [0.2, 0.25) is 0 Å². The predicted molar refractivity (Wildman–Crippen MR) is 98.4 cm³/mol. The molecule has 1 aromatic carbocycles. The van der Waals surface area contributed by atoms with Crippen LogP contribution in [0.2, 0.25) is 0 Å². The number of alkyl carbamates (subject to hydrolysis) is 1. The Labute approximate surface area is 154 Å². The van der Waals surface area contributed by atoms with Crippen molar-refractivity contribution in [2.75, 3.05) is 0 Å². The highest BCUT2D eigenvalue weighted by molar-refractivity contribution is 5.82. The number of halogens is 1. The number of ketones is 1. The van der Waals surface area contributed by atoms with Crippen LogP contribution in [0.15, 0.2) is 24.3 Å². The van der Waals surface area contributed by atoms with E-state index in [4.69, 9.17) is 4.74 Å². The number of carbonyl (C=O) groups is 2. The van der Waals surface area contributed by atoms with Crippen LogP contribution in [0.1, 0.15) is 65.0 Å². The summed E-state index contributed by atoms with van der Waals surface area (Å²) in [4.78, 5) is 23.9. The van der Waals surface area contributed by atoms with Gasteiger partial charge in [-0.3, -0.25) is 4.79 Å². The monoisotopic (exact) mass is 364 g/mol. The van der Waals surface area contributed by atoms with Gasteiger partial charge < -0.3 is 15.4 Å². The largest absolute Gasteiger partial charge is 0.444 e. The first-order valence-electron chi connectivity index (χ1n) is 9.15. The predicted octanol–water partition coefficient (Wildman–Crippen LogP) is 3.88. The molecule has 0 aliphatic heterocycles. The van der Waals surface area contributed by atoms with Crippen LogP contribution >= 0.6 is 0 Å². The van der Waals surface area contributed by atoms with Crippen molar-refractivity contribution in [2.45, 2.75) is 77.1 Å². The van der Waals surface area contributed by atoms with Gasteiger partial charge in [-0.15, -0.1) is 0 Å². The fraction of sp³-hybridized carbons (Fsp3) is 0.600. The van der Waals surface area contributed by atoms with Crippen LogP contribution in [0.3, 0.4) is 0 Å². The van der Waals surface area contributed by atoms with Gasteiger partial charge in [0.05, 0.1) is 6.04 Å². The molecule has 1 aromatic rings. The summed E-state index contributed by atoms with van der Waals surface area (Å²) in [5.74, 6) is -0.310. The second kappa shape index (κ2) is 8.62. The van der Waals surface area contributed by atoms with Crippen molar-refractivity contribution in [3.05, 3.63) is 35.6 Å². The molecule has 26 heavy (non-hydrogen) atoms. The molecule has 0 saturated heterocycles. The normalized spacial score (nSPS) is 21.7. The highest BCUT2D eigenvalue weighted by Gasteiger charge is 2.27. The summed E-state index contributed by atoms with van der Waals surface area (Å²) in [6.45, 7) is 7.05. The molecule has 2 N–H and O–H groups in total. The highest BCUT2D eigenvalue weighted by atomic mass is 19.1. The number of amides is 1. The molecule has 5 nitrogen and oxygen atoms in total. The lowest BCUT2D eigenvalue weighted by Gasteiger charge is -2.32. The molecule has 2 rings (SSSR count). The topological polar surface area (TPSA) is 67.4 Å². The number of Topliss-reactive ketones (excluding diaryl/α,β-unsaturated/α-hetero) is 1. The maximum absolute atomic E-state index is 13.1. The van der Waals surface area contributed by atoms with E-state index in [9.17, 15) is 14.0 Å². The molecule has 0 heterocycles. The molecule has 1 atom stereocenters. The number of ether oxygens (including phenoxy) is 1. The van der Waals surface area contributed by atoms with E-state index in [1.54, 1.807) is 12.1 Å². The van der Waals surface area contributed by atoms with Gasteiger partial charge >= 0.3 is 6.09 Å². The lowest BCUT2D eigenvalue weighted by Crippen LogP contribution is -2.45. The Morgan fingerprint density at radius 2 is 1.62 bits per heavy atom. The molecule has 1 aliphatic rings. The summed E-state index contributed by atoms with van der Waals surface area (Å²) in [5, 5.41) is 6.30. The van der Waals surface area contributed by atoms with Crippen LogP contribution in [-0.4, -0.2) is 29.6 Å². The zero-order valence-corrected chi connectivity index (χ0v) is 16.0.